The molecular formula is C32H25N5O4. The van der Waals surface area contributed by atoms with Crippen molar-refractivity contribution in [3.8, 4) is 0 Å². The molecule has 0 N–H and O–H groups in total. The molecule has 0 aliphatic heterocycles. The molecule has 9 nitrogen and oxygen atoms in total. The molecule has 0 fully saturated rings. The fraction of sp³-hybridized carbons (Fsp3) is 0.0625. The van der Waals surface area contributed by atoms with Crippen LogP contribution in [0.15, 0.2) is 128 Å². The molecule has 41 heavy (non-hydrogen) atoms. The molecule has 0 atom stereocenters. The molecule has 2 amide bonds. The van der Waals surface area contributed by atoms with Gasteiger partial charge in [-0.05, 0) is 41.5 Å². The van der Waals surface area contributed by atoms with Crippen LogP contribution in [0.25, 0.3) is 0 Å². The molecule has 9 heteroatoms. The minimum Gasteiger partial charge on any atom is -0.288 e. The number of pyridine rings is 2. The average Bonchev–Trinajstić information content (AvgIpc) is 3.03. The minimum atomic E-state index is -0.613. The van der Waals surface area contributed by atoms with Crippen LogP contribution in [0.3, 0.4) is 0 Å². The maximum atomic E-state index is 14.0. The molecule has 0 radical (unpaired) electrons. The Morgan fingerprint density at radius 3 is 1.39 bits per heavy atom. The summed E-state index contributed by atoms with van der Waals surface area (Å²) >= 11 is 0. The number of nitro groups is 1. The third-order valence-electron chi connectivity index (χ3n) is 6.33. The first-order valence-electron chi connectivity index (χ1n) is 12.8. The van der Waals surface area contributed by atoms with Crippen molar-refractivity contribution in [2.24, 2.45) is 0 Å². The Balaban J connectivity index is 1.56. The van der Waals surface area contributed by atoms with Crippen molar-refractivity contribution < 1.29 is 14.5 Å². The molecule has 5 rings (SSSR count). The third kappa shape index (κ3) is 6.48. The predicted molar refractivity (Wildman–Crippen MR) is 155 cm³/mol. The number of rotatable bonds is 9. The van der Waals surface area contributed by atoms with Crippen LogP contribution in [0.5, 0.6) is 0 Å². The Morgan fingerprint density at radius 2 is 1.02 bits per heavy atom. The number of hydrogen-bond acceptors (Lipinski definition) is 6. The van der Waals surface area contributed by atoms with Crippen LogP contribution in [0, 0.1) is 10.1 Å². The van der Waals surface area contributed by atoms with Crippen molar-refractivity contribution in [1.82, 2.24) is 9.97 Å². The largest absolute Gasteiger partial charge is 0.288 e. The van der Waals surface area contributed by atoms with E-state index in [1.807, 2.05) is 60.7 Å². The average molecular weight is 544 g/mol. The van der Waals surface area contributed by atoms with Crippen LogP contribution in [-0.4, -0.2) is 26.7 Å². The van der Waals surface area contributed by atoms with Gasteiger partial charge in [-0.25, -0.2) is 9.97 Å². The summed E-state index contributed by atoms with van der Waals surface area (Å²) in [4.78, 5) is 50.8. The summed E-state index contributed by atoms with van der Waals surface area (Å²) in [6.07, 6.45) is 3.13. The lowest BCUT2D eigenvalue weighted by Crippen LogP contribution is -2.33. The number of nitrogens with zero attached hydrogens (tertiary/aromatic N) is 5. The van der Waals surface area contributed by atoms with E-state index in [-0.39, 0.29) is 29.9 Å². The monoisotopic (exact) mass is 543 g/mol. The summed E-state index contributed by atoms with van der Waals surface area (Å²) in [5.41, 5.74) is 1.30. The Bertz CT molecular complexity index is 1530. The molecule has 0 saturated carbocycles. The third-order valence-corrected chi connectivity index (χ3v) is 6.33. The zero-order valence-corrected chi connectivity index (χ0v) is 21.9. The Kier molecular flexibility index (Phi) is 8.16. The van der Waals surface area contributed by atoms with Crippen LogP contribution in [-0.2, 0) is 13.1 Å². The van der Waals surface area contributed by atoms with Crippen LogP contribution in [0.1, 0.15) is 31.8 Å². The fourth-order valence-corrected chi connectivity index (χ4v) is 4.35. The number of aromatic nitrogens is 2. The van der Waals surface area contributed by atoms with Crippen LogP contribution >= 0.6 is 0 Å². The molecular weight excluding hydrogens is 518 g/mol. The van der Waals surface area contributed by atoms with Crippen molar-refractivity contribution >= 4 is 29.1 Å². The Labute approximate surface area is 236 Å². The molecule has 0 spiro atoms. The van der Waals surface area contributed by atoms with Gasteiger partial charge in [0.1, 0.15) is 11.6 Å². The maximum Gasteiger partial charge on any atom is 0.271 e. The van der Waals surface area contributed by atoms with Gasteiger partial charge in [0.25, 0.3) is 17.5 Å². The number of benzene rings is 3. The van der Waals surface area contributed by atoms with Crippen LogP contribution in [0.4, 0.5) is 17.3 Å². The van der Waals surface area contributed by atoms with E-state index >= 15 is 0 Å². The Hall–Kier alpha value is -5.70. The smallest absolute Gasteiger partial charge is 0.271 e. The van der Waals surface area contributed by atoms with Crippen molar-refractivity contribution in [3.63, 3.8) is 0 Å². The lowest BCUT2D eigenvalue weighted by atomic mass is 10.1. The van der Waals surface area contributed by atoms with E-state index in [4.69, 9.17) is 0 Å². The lowest BCUT2D eigenvalue weighted by Gasteiger charge is -2.24. The summed E-state index contributed by atoms with van der Waals surface area (Å²) < 4.78 is 0. The highest BCUT2D eigenvalue weighted by molar-refractivity contribution is 6.10. The second-order valence-electron chi connectivity index (χ2n) is 9.16. The number of nitro benzene ring substituents is 1. The first kappa shape index (κ1) is 26.9. The van der Waals surface area contributed by atoms with E-state index in [0.29, 0.717) is 11.6 Å². The molecule has 202 valence electrons. The summed E-state index contributed by atoms with van der Waals surface area (Å²) in [7, 11) is 0. The van der Waals surface area contributed by atoms with E-state index in [0.717, 1.165) is 11.1 Å². The molecule has 0 saturated heterocycles. The van der Waals surface area contributed by atoms with E-state index in [1.165, 1.54) is 28.0 Å². The summed E-state index contributed by atoms with van der Waals surface area (Å²) in [5.74, 6) is -0.310. The fourth-order valence-electron chi connectivity index (χ4n) is 4.35. The summed E-state index contributed by atoms with van der Waals surface area (Å²) in [5, 5.41) is 11.9. The highest BCUT2D eigenvalue weighted by atomic mass is 16.6. The van der Waals surface area contributed by atoms with E-state index in [9.17, 15) is 19.7 Å². The van der Waals surface area contributed by atoms with Crippen molar-refractivity contribution in [2.75, 3.05) is 9.80 Å². The van der Waals surface area contributed by atoms with Gasteiger partial charge in [-0.2, -0.15) is 0 Å². The van der Waals surface area contributed by atoms with Gasteiger partial charge in [0, 0.05) is 35.7 Å². The predicted octanol–water partition coefficient (Wildman–Crippen LogP) is 6.08. The van der Waals surface area contributed by atoms with Gasteiger partial charge in [-0.1, -0.05) is 72.8 Å². The standard InChI is InChI=1S/C32H25N5O4/c38-31(35(29-15-7-9-17-33-29)22-24-11-3-1-4-12-24)26-19-27(21-28(20-26)37(40)41)32(39)36(30-16-8-10-18-34-30)23-25-13-5-2-6-14-25/h1-21H,22-23H2. The van der Waals surface area contributed by atoms with Gasteiger partial charge >= 0.3 is 0 Å². The number of amides is 2. The van der Waals surface area contributed by atoms with Crippen LogP contribution < -0.4 is 9.80 Å². The van der Waals surface area contributed by atoms with Gasteiger partial charge < -0.3 is 0 Å². The van der Waals surface area contributed by atoms with E-state index in [2.05, 4.69) is 9.97 Å². The normalized spacial score (nSPS) is 10.5. The SMILES string of the molecule is O=C(c1cc(C(=O)N(Cc2ccccc2)c2ccccn2)cc([N+](=O)[O-])c1)N(Cc1ccccc1)c1ccccn1. The van der Waals surface area contributed by atoms with Gasteiger partial charge in [0.15, 0.2) is 0 Å². The topological polar surface area (TPSA) is 110 Å². The maximum absolute atomic E-state index is 14.0. The second kappa shape index (κ2) is 12.4. The van der Waals surface area contributed by atoms with Crippen molar-refractivity contribution in [1.29, 1.82) is 0 Å². The quantitative estimate of drug-likeness (QED) is 0.165. The molecule has 0 aliphatic rings. The molecule has 3 aromatic carbocycles. The lowest BCUT2D eigenvalue weighted by molar-refractivity contribution is -0.384. The number of anilines is 2. The van der Waals surface area contributed by atoms with Gasteiger partial charge in [0.2, 0.25) is 0 Å². The molecule has 0 bridgehead atoms. The summed E-state index contributed by atoms with van der Waals surface area (Å²) in [6.45, 7) is 0.355. The molecule has 2 aromatic heterocycles. The highest BCUT2D eigenvalue weighted by Gasteiger charge is 2.26. The summed E-state index contributed by atoms with van der Waals surface area (Å²) in [6, 6.07) is 32.8. The molecule has 0 aliphatic carbocycles. The number of carbonyl (C=O) groups is 2. The van der Waals surface area contributed by atoms with Crippen molar-refractivity contribution in [2.45, 2.75) is 13.1 Å². The number of carbonyl (C=O) groups excluding carboxylic acids is 2. The molecule has 5 aromatic rings. The van der Waals surface area contributed by atoms with Crippen molar-refractivity contribution in [3.05, 3.63) is 160 Å². The number of non-ortho nitro benzene ring substituents is 1. The van der Waals surface area contributed by atoms with Crippen LogP contribution in [0.2, 0.25) is 0 Å². The highest BCUT2D eigenvalue weighted by Crippen LogP contribution is 2.25. The molecule has 2 heterocycles. The van der Waals surface area contributed by atoms with Gasteiger partial charge in [0.05, 0.1) is 18.0 Å². The Morgan fingerprint density at radius 1 is 0.610 bits per heavy atom. The minimum absolute atomic E-state index is 0.00943. The zero-order chi connectivity index (χ0) is 28.6. The first-order valence-corrected chi connectivity index (χ1v) is 12.8. The first-order chi connectivity index (χ1) is 20.0. The second-order valence-corrected chi connectivity index (χ2v) is 9.16. The van der Waals surface area contributed by atoms with Gasteiger partial charge in [-0.3, -0.25) is 29.5 Å². The molecule has 0 unspecified atom stereocenters. The van der Waals surface area contributed by atoms with E-state index < -0.39 is 16.7 Å². The number of hydrogen-bond donors (Lipinski definition) is 0. The van der Waals surface area contributed by atoms with E-state index in [1.54, 1.807) is 48.8 Å². The van der Waals surface area contributed by atoms with Gasteiger partial charge in [-0.15, -0.1) is 0 Å². The zero-order valence-electron chi connectivity index (χ0n) is 21.9.